The average molecular weight is 297 g/mol. The van der Waals surface area contributed by atoms with Crippen molar-refractivity contribution in [3.63, 3.8) is 0 Å². The molecule has 2 aliphatic rings. The molecule has 0 aliphatic carbocycles. The molecule has 1 atom stereocenters. The third-order valence-corrected chi connectivity index (χ3v) is 4.41. The van der Waals surface area contributed by atoms with Gasteiger partial charge >= 0.3 is 0 Å². The lowest BCUT2D eigenvalue weighted by Gasteiger charge is -2.20. The maximum absolute atomic E-state index is 12.7. The van der Waals surface area contributed by atoms with Crippen molar-refractivity contribution in [1.29, 1.82) is 0 Å². The maximum Gasteiger partial charge on any atom is 0.243 e. The topological polar surface area (TPSA) is 56.8 Å². The summed E-state index contributed by atoms with van der Waals surface area (Å²) in [5.41, 5.74) is 1.77. The quantitative estimate of drug-likeness (QED) is 0.924. The second-order valence-electron chi connectivity index (χ2n) is 5.40. The van der Waals surface area contributed by atoms with Crippen molar-refractivity contribution in [1.82, 2.24) is 0 Å². The number of rotatable bonds is 2. The number of anilines is 1. The summed E-state index contributed by atoms with van der Waals surface area (Å²) in [6.07, 6.45) is 0. The van der Waals surface area contributed by atoms with E-state index >= 15 is 0 Å². The van der Waals surface area contributed by atoms with E-state index in [0.717, 1.165) is 16.8 Å². The van der Waals surface area contributed by atoms with E-state index in [-0.39, 0.29) is 12.5 Å². The fourth-order valence-electron chi connectivity index (χ4n) is 3.30. The highest BCUT2D eigenvalue weighted by molar-refractivity contribution is 6.09. The third kappa shape index (κ3) is 1.45. The van der Waals surface area contributed by atoms with Gasteiger partial charge in [0.05, 0.1) is 14.2 Å². The van der Waals surface area contributed by atoms with E-state index in [0.29, 0.717) is 17.2 Å². The van der Waals surface area contributed by atoms with Crippen LogP contribution in [0.4, 0.5) is 5.69 Å². The van der Waals surface area contributed by atoms with Crippen LogP contribution in [0, 0.1) is 0 Å². The van der Waals surface area contributed by atoms with Gasteiger partial charge in [0.2, 0.25) is 5.91 Å². The largest absolute Gasteiger partial charge is 0.493 e. The lowest BCUT2D eigenvalue weighted by atomic mass is 9.77. The zero-order valence-electron chi connectivity index (χ0n) is 12.3. The number of amides is 1. The Hall–Kier alpha value is -2.69. The normalized spacial score (nSPS) is 21.1. The standard InChI is InChI=1S/C17H15NO4/c1-20-14-7-11-13(8-15(14)21-2)22-9-17(11)10-5-3-4-6-12(10)18-16(17)19/h3-8H,9H2,1-2H3,(H,18,19). The summed E-state index contributed by atoms with van der Waals surface area (Å²) >= 11 is 0. The van der Waals surface area contributed by atoms with Crippen LogP contribution in [-0.4, -0.2) is 26.7 Å². The number of fused-ring (bicyclic) bond motifs is 4. The molecule has 4 rings (SSSR count). The lowest BCUT2D eigenvalue weighted by Crippen LogP contribution is -2.37. The molecule has 1 amide bonds. The molecule has 5 heteroatoms. The van der Waals surface area contributed by atoms with Crippen LogP contribution in [0.5, 0.6) is 17.2 Å². The summed E-state index contributed by atoms with van der Waals surface area (Å²) in [7, 11) is 3.15. The number of ether oxygens (including phenoxy) is 3. The minimum absolute atomic E-state index is 0.0698. The molecule has 2 aliphatic heterocycles. The van der Waals surface area contributed by atoms with Gasteiger partial charge in [-0.3, -0.25) is 4.79 Å². The molecular weight excluding hydrogens is 282 g/mol. The van der Waals surface area contributed by atoms with Crippen LogP contribution in [0.25, 0.3) is 0 Å². The Kier molecular flexibility index (Phi) is 2.60. The summed E-state index contributed by atoms with van der Waals surface area (Å²) in [4.78, 5) is 12.7. The number of benzene rings is 2. The first kappa shape index (κ1) is 13.0. The van der Waals surface area contributed by atoms with Crippen molar-refractivity contribution in [2.24, 2.45) is 0 Å². The fraction of sp³-hybridized carbons (Fsp3) is 0.235. The summed E-state index contributed by atoms with van der Waals surface area (Å²) in [5.74, 6) is 1.76. The van der Waals surface area contributed by atoms with E-state index in [2.05, 4.69) is 5.32 Å². The molecular formula is C17H15NO4. The molecule has 2 heterocycles. The molecule has 0 radical (unpaired) electrons. The predicted molar refractivity (Wildman–Crippen MR) is 80.9 cm³/mol. The maximum atomic E-state index is 12.7. The fourth-order valence-corrected chi connectivity index (χ4v) is 3.30. The van der Waals surface area contributed by atoms with Gasteiger partial charge in [0.15, 0.2) is 11.5 Å². The molecule has 22 heavy (non-hydrogen) atoms. The van der Waals surface area contributed by atoms with Crippen LogP contribution in [0.2, 0.25) is 0 Å². The van der Waals surface area contributed by atoms with Crippen molar-refractivity contribution in [3.05, 3.63) is 47.5 Å². The predicted octanol–water partition coefficient (Wildman–Crippen LogP) is 2.33. The summed E-state index contributed by atoms with van der Waals surface area (Å²) in [6.45, 7) is 0.279. The molecule has 0 bridgehead atoms. The molecule has 5 nitrogen and oxygen atoms in total. The van der Waals surface area contributed by atoms with Gasteiger partial charge in [-0.2, -0.15) is 0 Å². The monoisotopic (exact) mass is 297 g/mol. The first-order chi connectivity index (χ1) is 10.7. The minimum atomic E-state index is -0.814. The Morgan fingerprint density at radius 1 is 1.09 bits per heavy atom. The van der Waals surface area contributed by atoms with E-state index in [1.54, 1.807) is 20.3 Å². The number of nitrogens with one attached hydrogen (secondary N) is 1. The van der Waals surface area contributed by atoms with Crippen molar-refractivity contribution < 1.29 is 19.0 Å². The summed E-state index contributed by atoms with van der Waals surface area (Å²) in [6, 6.07) is 11.3. The van der Waals surface area contributed by atoms with E-state index in [1.165, 1.54) is 0 Å². The summed E-state index contributed by atoms with van der Waals surface area (Å²) < 4.78 is 16.5. The van der Waals surface area contributed by atoms with Crippen LogP contribution in [0.15, 0.2) is 36.4 Å². The highest BCUT2D eigenvalue weighted by atomic mass is 16.5. The molecule has 0 saturated heterocycles. The zero-order valence-corrected chi connectivity index (χ0v) is 12.3. The third-order valence-electron chi connectivity index (χ3n) is 4.41. The molecule has 0 fully saturated rings. The van der Waals surface area contributed by atoms with Gasteiger partial charge in [0, 0.05) is 17.3 Å². The Balaban J connectivity index is 1.97. The molecule has 2 aromatic rings. The molecule has 1 unspecified atom stereocenters. The van der Waals surface area contributed by atoms with Crippen LogP contribution >= 0.6 is 0 Å². The Morgan fingerprint density at radius 2 is 1.82 bits per heavy atom. The Bertz CT molecular complexity index is 786. The molecule has 1 N–H and O–H groups in total. The van der Waals surface area contributed by atoms with Crippen molar-refractivity contribution in [3.8, 4) is 17.2 Å². The minimum Gasteiger partial charge on any atom is -0.493 e. The number of carbonyl (C=O) groups is 1. The molecule has 0 saturated carbocycles. The highest BCUT2D eigenvalue weighted by Crippen LogP contribution is 2.52. The van der Waals surface area contributed by atoms with Crippen LogP contribution in [-0.2, 0) is 10.2 Å². The number of para-hydroxylation sites is 1. The van der Waals surface area contributed by atoms with Crippen LogP contribution in [0.3, 0.4) is 0 Å². The number of hydrogen-bond donors (Lipinski definition) is 1. The molecule has 1 spiro atoms. The Morgan fingerprint density at radius 3 is 2.59 bits per heavy atom. The summed E-state index contributed by atoms with van der Waals surface area (Å²) in [5, 5.41) is 2.95. The molecule has 0 aromatic heterocycles. The van der Waals surface area contributed by atoms with Gasteiger partial charge in [0.1, 0.15) is 17.8 Å². The van der Waals surface area contributed by atoms with Crippen LogP contribution in [0.1, 0.15) is 11.1 Å². The first-order valence-corrected chi connectivity index (χ1v) is 7.01. The number of carbonyl (C=O) groups excluding carboxylic acids is 1. The van der Waals surface area contributed by atoms with E-state index in [9.17, 15) is 4.79 Å². The van der Waals surface area contributed by atoms with Gasteiger partial charge < -0.3 is 19.5 Å². The van der Waals surface area contributed by atoms with Gasteiger partial charge in [-0.15, -0.1) is 0 Å². The van der Waals surface area contributed by atoms with Crippen LogP contribution < -0.4 is 19.5 Å². The van der Waals surface area contributed by atoms with E-state index in [1.807, 2.05) is 30.3 Å². The number of hydrogen-bond acceptors (Lipinski definition) is 4. The van der Waals surface area contributed by atoms with Gasteiger partial charge in [0.25, 0.3) is 0 Å². The van der Waals surface area contributed by atoms with Crippen molar-refractivity contribution in [2.75, 3.05) is 26.1 Å². The first-order valence-electron chi connectivity index (χ1n) is 7.01. The SMILES string of the molecule is COc1cc2c(cc1OC)C1(CO2)C(=O)Nc2ccccc21. The van der Waals surface area contributed by atoms with Gasteiger partial charge in [-0.25, -0.2) is 0 Å². The smallest absolute Gasteiger partial charge is 0.243 e. The second-order valence-corrected chi connectivity index (χ2v) is 5.40. The highest BCUT2D eigenvalue weighted by Gasteiger charge is 2.54. The van der Waals surface area contributed by atoms with E-state index in [4.69, 9.17) is 14.2 Å². The lowest BCUT2D eigenvalue weighted by molar-refractivity contribution is -0.119. The van der Waals surface area contributed by atoms with Crippen molar-refractivity contribution >= 4 is 11.6 Å². The average Bonchev–Trinajstić information content (AvgIpc) is 3.06. The zero-order chi connectivity index (χ0) is 15.3. The van der Waals surface area contributed by atoms with Gasteiger partial charge in [-0.05, 0) is 17.7 Å². The van der Waals surface area contributed by atoms with Gasteiger partial charge in [-0.1, -0.05) is 18.2 Å². The second kappa shape index (κ2) is 4.40. The molecule has 112 valence electrons. The Labute approximate surface area is 127 Å². The van der Waals surface area contributed by atoms with Crippen molar-refractivity contribution in [2.45, 2.75) is 5.41 Å². The molecule has 2 aromatic carbocycles. The van der Waals surface area contributed by atoms with E-state index < -0.39 is 5.41 Å². The number of methoxy groups -OCH3 is 2.